The van der Waals surface area contributed by atoms with E-state index in [1.54, 1.807) is 0 Å². The van der Waals surface area contributed by atoms with Crippen molar-refractivity contribution in [3.05, 3.63) is 0 Å². The monoisotopic (exact) mass is 226 g/mol. The molecule has 0 saturated carbocycles. The minimum absolute atomic E-state index is 0.0890. The van der Waals surface area contributed by atoms with Crippen LogP contribution in [0.4, 0.5) is 13.2 Å². The maximum atomic E-state index is 11.7. The topological polar surface area (TPSA) is 55.1 Å². The highest BCUT2D eigenvalue weighted by Gasteiger charge is 2.26. The van der Waals surface area contributed by atoms with Gasteiger partial charge in [0, 0.05) is 19.0 Å². The Morgan fingerprint density at radius 1 is 1.47 bits per heavy atom. The summed E-state index contributed by atoms with van der Waals surface area (Å²) in [5.74, 6) is -0.416. The number of rotatable bonds is 6. The predicted octanol–water partition coefficient (Wildman–Crippen LogP) is 1.57. The highest BCUT2D eigenvalue weighted by molar-refractivity contribution is 5.76. The van der Waals surface area contributed by atoms with Crippen molar-refractivity contribution in [2.75, 3.05) is 6.54 Å². The van der Waals surface area contributed by atoms with Crippen molar-refractivity contribution in [2.24, 2.45) is 5.73 Å². The zero-order valence-corrected chi connectivity index (χ0v) is 8.73. The van der Waals surface area contributed by atoms with Crippen molar-refractivity contribution in [1.82, 2.24) is 5.32 Å². The number of hydrogen-bond donors (Lipinski definition) is 2. The van der Waals surface area contributed by atoms with E-state index in [4.69, 9.17) is 5.73 Å². The van der Waals surface area contributed by atoms with Crippen LogP contribution >= 0.6 is 0 Å². The van der Waals surface area contributed by atoms with E-state index in [1.165, 1.54) is 0 Å². The number of nitrogens with one attached hydrogen (secondary N) is 1. The maximum Gasteiger partial charge on any atom is 0.390 e. The highest BCUT2D eigenvalue weighted by atomic mass is 19.4. The molecule has 0 rings (SSSR count). The Kier molecular flexibility index (Phi) is 6.31. The van der Waals surface area contributed by atoms with E-state index in [-0.39, 0.29) is 19.0 Å². The van der Waals surface area contributed by atoms with Gasteiger partial charge in [0.05, 0.1) is 6.42 Å². The lowest BCUT2D eigenvalue weighted by atomic mass is 10.1. The first-order valence-electron chi connectivity index (χ1n) is 4.94. The summed E-state index contributed by atoms with van der Waals surface area (Å²) in [5, 5.41) is 2.19. The fraction of sp³-hybridized carbons (Fsp3) is 0.889. The number of carbonyl (C=O) groups excluding carboxylic acids is 1. The van der Waals surface area contributed by atoms with Crippen molar-refractivity contribution >= 4 is 5.91 Å². The summed E-state index contributed by atoms with van der Waals surface area (Å²) in [5.41, 5.74) is 5.56. The Labute approximate surface area is 87.2 Å². The molecule has 1 amide bonds. The van der Waals surface area contributed by atoms with E-state index in [2.05, 4.69) is 5.32 Å². The van der Waals surface area contributed by atoms with Crippen molar-refractivity contribution in [3.8, 4) is 0 Å². The molecule has 1 atom stereocenters. The van der Waals surface area contributed by atoms with E-state index in [0.717, 1.165) is 6.42 Å². The summed E-state index contributed by atoms with van der Waals surface area (Å²) < 4.78 is 35.1. The molecule has 90 valence electrons. The van der Waals surface area contributed by atoms with E-state index in [9.17, 15) is 18.0 Å². The zero-order chi connectivity index (χ0) is 11.9. The van der Waals surface area contributed by atoms with Crippen molar-refractivity contribution < 1.29 is 18.0 Å². The summed E-state index contributed by atoms with van der Waals surface area (Å²) in [6, 6.07) is -0.263. The standard InChI is InChI=1S/C9H17F3N2O/c1-2-3-7(13)6-8(15)14-5-4-9(10,11)12/h7H,2-6,13H2,1H3,(H,14,15). The molecule has 6 heteroatoms. The van der Waals surface area contributed by atoms with Gasteiger partial charge in [0.15, 0.2) is 0 Å². The normalized spacial score (nSPS) is 13.7. The number of amides is 1. The van der Waals surface area contributed by atoms with E-state index in [1.807, 2.05) is 6.92 Å². The van der Waals surface area contributed by atoms with Crippen LogP contribution in [0.15, 0.2) is 0 Å². The number of hydrogen-bond acceptors (Lipinski definition) is 2. The number of carbonyl (C=O) groups is 1. The SMILES string of the molecule is CCCC(N)CC(=O)NCCC(F)(F)F. The summed E-state index contributed by atoms with van der Waals surface area (Å²) in [6.45, 7) is 1.56. The van der Waals surface area contributed by atoms with E-state index < -0.39 is 18.5 Å². The van der Waals surface area contributed by atoms with Crippen molar-refractivity contribution in [2.45, 2.75) is 44.8 Å². The third-order valence-corrected chi connectivity index (χ3v) is 1.84. The van der Waals surface area contributed by atoms with Crippen LogP contribution in [-0.4, -0.2) is 24.7 Å². The molecule has 0 aromatic heterocycles. The molecule has 15 heavy (non-hydrogen) atoms. The Hall–Kier alpha value is -0.780. The average molecular weight is 226 g/mol. The average Bonchev–Trinajstić information content (AvgIpc) is 2.01. The minimum atomic E-state index is -4.22. The van der Waals surface area contributed by atoms with Gasteiger partial charge in [-0.1, -0.05) is 13.3 Å². The smallest absolute Gasteiger partial charge is 0.356 e. The Bertz CT molecular complexity index is 194. The third kappa shape index (κ3) is 9.52. The number of nitrogens with two attached hydrogens (primary N) is 1. The molecule has 0 radical (unpaired) electrons. The first-order chi connectivity index (χ1) is 6.85. The Balaban J connectivity index is 3.58. The molecule has 1 unspecified atom stereocenters. The first kappa shape index (κ1) is 14.2. The quantitative estimate of drug-likeness (QED) is 0.722. The van der Waals surface area contributed by atoms with Gasteiger partial charge in [0.25, 0.3) is 0 Å². The lowest BCUT2D eigenvalue weighted by Gasteiger charge is -2.11. The summed E-state index contributed by atoms with van der Waals surface area (Å²) in [7, 11) is 0. The van der Waals surface area contributed by atoms with Gasteiger partial charge in [0.2, 0.25) is 5.91 Å². The highest BCUT2D eigenvalue weighted by Crippen LogP contribution is 2.18. The molecule has 3 N–H and O–H groups in total. The fourth-order valence-electron chi connectivity index (χ4n) is 1.13. The molecule has 0 saturated heterocycles. The van der Waals surface area contributed by atoms with Crippen LogP contribution in [0, 0.1) is 0 Å². The van der Waals surface area contributed by atoms with Crippen LogP contribution in [0.2, 0.25) is 0 Å². The molecule has 0 aliphatic rings. The number of alkyl halides is 3. The second-order valence-electron chi connectivity index (χ2n) is 3.47. The van der Waals surface area contributed by atoms with E-state index in [0.29, 0.717) is 6.42 Å². The second kappa shape index (κ2) is 6.66. The van der Waals surface area contributed by atoms with Crippen LogP contribution in [0.25, 0.3) is 0 Å². The van der Waals surface area contributed by atoms with E-state index >= 15 is 0 Å². The molecular formula is C9H17F3N2O. The van der Waals surface area contributed by atoms with Gasteiger partial charge in [-0.25, -0.2) is 0 Å². The van der Waals surface area contributed by atoms with Crippen LogP contribution < -0.4 is 11.1 Å². The van der Waals surface area contributed by atoms with Crippen LogP contribution in [0.1, 0.15) is 32.6 Å². The lowest BCUT2D eigenvalue weighted by molar-refractivity contribution is -0.135. The molecule has 0 bridgehead atoms. The molecule has 0 spiro atoms. The lowest BCUT2D eigenvalue weighted by Crippen LogP contribution is -2.33. The first-order valence-corrected chi connectivity index (χ1v) is 4.94. The second-order valence-corrected chi connectivity index (χ2v) is 3.47. The minimum Gasteiger partial charge on any atom is -0.356 e. The zero-order valence-electron chi connectivity index (χ0n) is 8.73. The van der Waals surface area contributed by atoms with Crippen molar-refractivity contribution in [3.63, 3.8) is 0 Å². The van der Waals surface area contributed by atoms with Gasteiger partial charge in [-0.05, 0) is 6.42 Å². The van der Waals surface area contributed by atoms with Crippen LogP contribution in [-0.2, 0) is 4.79 Å². The van der Waals surface area contributed by atoms with Gasteiger partial charge in [0.1, 0.15) is 0 Å². The van der Waals surface area contributed by atoms with Gasteiger partial charge in [-0.15, -0.1) is 0 Å². The van der Waals surface area contributed by atoms with Crippen molar-refractivity contribution in [1.29, 1.82) is 0 Å². The molecule has 0 aliphatic heterocycles. The summed E-state index contributed by atoms with van der Waals surface area (Å²) in [4.78, 5) is 11.1. The number of halogens is 3. The van der Waals surface area contributed by atoms with Gasteiger partial charge in [-0.3, -0.25) is 4.79 Å². The molecule has 0 heterocycles. The molecule has 0 aliphatic carbocycles. The molecular weight excluding hydrogens is 209 g/mol. The maximum absolute atomic E-state index is 11.7. The summed E-state index contributed by atoms with van der Waals surface area (Å²) in [6.07, 6.45) is -3.57. The fourth-order valence-corrected chi connectivity index (χ4v) is 1.13. The van der Waals surface area contributed by atoms with Crippen LogP contribution in [0.5, 0.6) is 0 Å². The van der Waals surface area contributed by atoms with Gasteiger partial charge < -0.3 is 11.1 Å². The third-order valence-electron chi connectivity index (χ3n) is 1.84. The molecule has 0 fully saturated rings. The molecule has 3 nitrogen and oxygen atoms in total. The largest absolute Gasteiger partial charge is 0.390 e. The predicted molar refractivity (Wildman–Crippen MR) is 51.2 cm³/mol. The summed E-state index contributed by atoms with van der Waals surface area (Å²) >= 11 is 0. The van der Waals surface area contributed by atoms with Gasteiger partial charge in [-0.2, -0.15) is 13.2 Å². The van der Waals surface area contributed by atoms with Crippen LogP contribution in [0.3, 0.4) is 0 Å². The Morgan fingerprint density at radius 2 is 2.07 bits per heavy atom. The molecule has 0 aromatic rings. The van der Waals surface area contributed by atoms with Gasteiger partial charge >= 0.3 is 6.18 Å². The Morgan fingerprint density at radius 3 is 2.53 bits per heavy atom. The molecule has 0 aromatic carbocycles.